The first-order chi connectivity index (χ1) is 7.75. The van der Waals surface area contributed by atoms with Crippen molar-refractivity contribution in [2.45, 2.75) is 58.0 Å². The van der Waals surface area contributed by atoms with Gasteiger partial charge in [-0.2, -0.15) is 0 Å². The minimum absolute atomic E-state index is 0.0457. The van der Waals surface area contributed by atoms with Gasteiger partial charge in [-0.3, -0.25) is 0 Å². The van der Waals surface area contributed by atoms with E-state index < -0.39 is 0 Å². The molecule has 1 aliphatic heterocycles. The van der Waals surface area contributed by atoms with Crippen LogP contribution >= 0.6 is 0 Å². The number of hydrogen-bond donors (Lipinski definition) is 1. The van der Waals surface area contributed by atoms with Crippen molar-refractivity contribution in [3.63, 3.8) is 0 Å². The summed E-state index contributed by atoms with van der Waals surface area (Å²) in [4.78, 5) is 0. The second-order valence-electron chi connectivity index (χ2n) is 5.88. The van der Waals surface area contributed by atoms with Crippen LogP contribution in [0.15, 0.2) is 0 Å². The molecule has 2 fully saturated rings. The molecular weight excluding hydrogens is 200 g/mol. The molecule has 1 heterocycles. The number of aliphatic hydroxyl groups excluding tert-OH is 1. The van der Waals surface area contributed by atoms with Gasteiger partial charge in [0.05, 0.1) is 6.10 Å². The summed E-state index contributed by atoms with van der Waals surface area (Å²) in [6.45, 7) is 4.14. The van der Waals surface area contributed by atoms with E-state index in [0.717, 1.165) is 38.4 Å². The Morgan fingerprint density at radius 2 is 1.69 bits per heavy atom. The highest BCUT2D eigenvalue weighted by molar-refractivity contribution is 4.78. The molecular formula is C14H26O2. The first-order valence-electron chi connectivity index (χ1n) is 7.01. The molecule has 16 heavy (non-hydrogen) atoms. The second-order valence-corrected chi connectivity index (χ2v) is 5.88. The Kier molecular flexibility index (Phi) is 4.66. The van der Waals surface area contributed by atoms with Gasteiger partial charge in [-0.05, 0) is 49.9 Å². The molecule has 1 unspecified atom stereocenters. The van der Waals surface area contributed by atoms with Crippen LogP contribution in [0.5, 0.6) is 0 Å². The standard InChI is InChI=1S/C14H26O2/c1-11-2-4-13(5-3-11)14(15)10-12-6-8-16-9-7-12/h11-15H,2-10H2,1H3. The van der Waals surface area contributed by atoms with E-state index in [1.165, 1.54) is 25.7 Å². The van der Waals surface area contributed by atoms with Gasteiger partial charge in [0.25, 0.3) is 0 Å². The molecule has 1 N–H and O–H groups in total. The third kappa shape index (κ3) is 3.46. The zero-order valence-electron chi connectivity index (χ0n) is 10.5. The topological polar surface area (TPSA) is 29.5 Å². The summed E-state index contributed by atoms with van der Waals surface area (Å²) < 4.78 is 5.36. The second kappa shape index (κ2) is 6.02. The minimum atomic E-state index is -0.0457. The third-order valence-corrected chi connectivity index (χ3v) is 4.52. The Hall–Kier alpha value is -0.0800. The maximum Gasteiger partial charge on any atom is 0.0571 e. The predicted molar refractivity (Wildman–Crippen MR) is 65.3 cm³/mol. The Labute approximate surface area is 99.4 Å². The molecule has 0 radical (unpaired) electrons. The monoisotopic (exact) mass is 226 g/mol. The summed E-state index contributed by atoms with van der Waals surface area (Å²) in [5.74, 6) is 2.17. The number of aliphatic hydroxyl groups is 1. The van der Waals surface area contributed by atoms with Gasteiger partial charge in [0.15, 0.2) is 0 Å². The van der Waals surface area contributed by atoms with Crippen molar-refractivity contribution in [2.24, 2.45) is 17.8 Å². The maximum absolute atomic E-state index is 10.3. The Morgan fingerprint density at radius 3 is 2.31 bits per heavy atom. The van der Waals surface area contributed by atoms with Crippen molar-refractivity contribution in [2.75, 3.05) is 13.2 Å². The van der Waals surface area contributed by atoms with Crippen LogP contribution in [0.2, 0.25) is 0 Å². The molecule has 0 aromatic heterocycles. The maximum atomic E-state index is 10.3. The molecule has 2 nitrogen and oxygen atoms in total. The van der Waals surface area contributed by atoms with E-state index in [4.69, 9.17) is 4.74 Å². The molecule has 1 aliphatic carbocycles. The van der Waals surface area contributed by atoms with Crippen LogP contribution in [-0.2, 0) is 4.74 Å². The van der Waals surface area contributed by atoms with Crippen molar-refractivity contribution >= 4 is 0 Å². The Balaban J connectivity index is 1.72. The van der Waals surface area contributed by atoms with Crippen molar-refractivity contribution < 1.29 is 9.84 Å². The van der Waals surface area contributed by atoms with Crippen LogP contribution in [-0.4, -0.2) is 24.4 Å². The normalized spacial score (nSPS) is 34.9. The van der Waals surface area contributed by atoms with Gasteiger partial charge in [0, 0.05) is 13.2 Å². The largest absolute Gasteiger partial charge is 0.393 e. The van der Waals surface area contributed by atoms with Crippen molar-refractivity contribution in [1.82, 2.24) is 0 Å². The average molecular weight is 226 g/mol. The first kappa shape index (κ1) is 12.4. The first-order valence-corrected chi connectivity index (χ1v) is 7.01. The summed E-state index contributed by atoms with van der Waals surface area (Å²) in [5, 5.41) is 10.3. The number of rotatable bonds is 3. The quantitative estimate of drug-likeness (QED) is 0.801. The molecule has 0 aromatic carbocycles. The van der Waals surface area contributed by atoms with Crippen LogP contribution in [0, 0.1) is 17.8 Å². The lowest BCUT2D eigenvalue weighted by Gasteiger charge is -2.32. The lowest BCUT2D eigenvalue weighted by Crippen LogP contribution is -2.29. The lowest BCUT2D eigenvalue weighted by atomic mass is 9.77. The van der Waals surface area contributed by atoms with Crippen molar-refractivity contribution in [1.29, 1.82) is 0 Å². The van der Waals surface area contributed by atoms with E-state index in [0.29, 0.717) is 11.8 Å². The van der Waals surface area contributed by atoms with Crippen LogP contribution < -0.4 is 0 Å². The van der Waals surface area contributed by atoms with Crippen molar-refractivity contribution in [3.8, 4) is 0 Å². The van der Waals surface area contributed by atoms with Gasteiger partial charge in [0.1, 0.15) is 0 Å². The van der Waals surface area contributed by atoms with Crippen LogP contribution in [0.25, 0.3) is 0 Å². The lowest BCUT2D eigenvalue weighted by molar-refractivity contribution is 0.0174. The molecule has 0 bridgehead atoms. The summed E-state index contributed by atoms with van der Waals surface area (Å²) >= 11 is 0. The van der Waals surface area contributed by atoms with Crippen molar-refractivity contribution in [3.05, 3.63) is 0 Å². The van der Waals surface area contributed by atoms with E-state index in [-0.39, 0.29) is 6.10 Å². The molecule has 1 atom stereocenters. The highest BCUT2D eigenvalue weighted by atomic mass is 16.5. The van der Waals surface area contributed by atoms with E-state index in [9.17, 15) is 5.11 Å². The molecule has 0 amide bonds. The van der Waals surface area contributed by atoms with Crippen LogP contribution in [0.4, 0.5) is 0 Å². The summed E-state index contributed by atoms with van der Waals surface area (Å²) in [6.07, 6.45) is 8.39. The van der Waals surface area contributed by atoms with Gasteiger partial charge in [-0.25, -0.2) is 0 Å². The van der Waals surface area contributed by atoms with E-state index in [1.807, 2.05) is 0 Å². The minimum Gasteiger partial charge on any atom is -0.393 e. The van der Waals surface area contributed by atoms with E-state index in [1.54, 1.807) is 0 Å². The fourth-order valence-corrected chi connectivity index (χ4v) is 3.19. The zero-order chi connectivity index (χ0) is 11.4. The number of hydrogen-bond acceptors (Lipinski definition) is 2. The summed E-state index contributed by atoms with van der Waals surface area (Å²) in [5.41, 5.74) is 0. The molecule has 1 saturated heterocycles. The fourth-order valence-electron chi connectivity index (χ4n) is 3.19. The van der Waals surface area contributed by atoms with Gasteiger partial charge < -0.3 is 9.84 Å². The molecule has 2 rings (SSSR count). The van der Waals surface area contributed by atoms with Crippen LogP contribution in [0.3, 0.4) is 0 Å². The average Bonchev–Trinajstić information content (AvgIpc) is 2.31. The Bertz CT molecular complexity index is 191. The molecule has 94 valence electrons. The predicted octanol–water partition coefficient (Wildman–Crippen LogP) is 2.99. The van der Waals surface area contributed by atoms with E-state index >= 15 is 0 Å². The highest BCUT2D eigenvalue weighted by Gasteiger charge is 2.27. The molecule has 0 spiro atoms. The fraction of sp³-hybridized carbons (Fsp3) is 1.00. The van der Waals surface area contributed by atoms with Gasteiger partial charge in [0.2, 0.25) is 0 Å². The molecule has 1 saturated carbocycles. The van der Waals surface area contributed by atoms with Gasteiger partial charge in [-0.1, -0.05) is 19.8 Å². The van der Waals surface area contributed by atoms with Gasteiger partial charge in [-0.15, -0.1) is 0 Å². The molecule has 2 heteroatoms. The SMILES string of the molecule is CC1CCC(C(O)CC2CCOCC2)CC1. The zero-order valence-corrected chi connectivity index (χ0v) is 10.5. The van der Waals surface area contributed by atoms with E-state index in [2.05, 4.69) is 6.92 Å². The smallest absolute Gasteiger partial charge is 0.0571 e. The van der Waals surface area contributed by atoms with Gasteiger partial charge >= 0.3 is 0 Å². The highest BCUT2D eigenvalue weighted by Crippen LogP contribution is 2.33. The summed E-state index contributed by atoms with van der Waals surface area (Å²) in [6, 6.07) is 0. The number of ether oxygens (including phenoxy) is 1. The molecule has 0 aromatic rings. The summed E-state index contributed by atoms with van der Waals surface area (Å²) in [7, 11) is 0. The third-order valence-electron chi connectivity index (χ3n) is 4.52. The Morgan fingerprint density at radius 1 is 1.06 bits per heavy atom. The van der Waals surface area contributed by atoms with Crippen LogP contribution in [0.1, 0.15) is 51.9 Å². The molecule has 2 aliphatic rings.